The molecule has 1 aliphatic carbocycles. The Balaban J connectivity index is 1.79. The first-order valence-corrected chi connectivity index (χ1v) is 9.69. The summed E-state index contributed by atoms with van der Waals surface area (Å²) in [7, 11) is 0. The van der Waals surface area contributed by atoms with Crippen molar-refractivity contribution in [2.45, 2.75) is 57.4 Å². The van der Waals surface area contributed by atoms with E-state index in [0.717, 1.165) is 24.7 Å². The van der Waals surface area contributed by atoms with E-state index in [2.05, 4.69) is 38.3 Å². The Kier molecular flexibility index (Phi) is 7.08. The van der Waals surface area contributed by atoms with Crippen molar-refractivity contribution in [3.05, 3.63) is 22.4 Å². The van der Waals surface area contributed by atoms with Crippen LogP contribution in [0.4, 0.5) is 0 Å². The number of alkyl halides is 1. The van der Waals surface area contributed by atoms with E-state index in [9.17, 15) is 4.79 Å². The number of hydrogen-bond acceptors (Lipinski definition) is 2. The van der Waals surface area contributed by atoms with Crippen LogP contribution in [0.5, 0.6) is 0 Å². The first kappa shape index (κ1) is 16.0. The highest BCUT2D eigenvalue weighted by Crippen LogP contribution is 2.23. The molecule has 0 N–H and O–H groups in total. The summed E-state index contributed by atoms with van der Waals surface area (Å²) in [6, 6.07) is 4.74. The third-order valence-electron chi connectivity index (χ3n) is 4.06. The van der Waals surface area contributed by atoms with Gasteiger partial charge in [0.2, 0.25) is 5.91 Å². The molecule has 1 aliphatic rings. The molecule has 1 saturated carbocycles. The molecule has 1 aromatic rings. The predicted molar refractivity (Wildman–Crippen MR) is 89.6 cm³/mol. The van der Waals surface area contributed by atoms with E-state index in [1.54, 1.807) is 11.3 Å². The van der Waals surface area contributed by atoms with E-state index in [1.807, 2.05) is 0 Å². The van der Waals surface area contributed by atoms with Crippen LogP contribution in [0, 0.1) is 0 Å². The average molecular weight is 358 g/mol. The van der Waals surface area contributed by atoms with Crippen molar-refractivity contribution >= 4 is 33.2 Å². The van der Waals surface area contributed by atoms with Crippen LogP contribution in [-0.2, 0) is 11.2 Å². The monoisotopic (exact) mass is 357 g/mol. The van der Waals surface area contributed by atoms with Crippen molar-refractivity contribution < 1.29 is 4.79 Å². The van der Waals surface area contributed by atoms with Crippen LogP contribution in [0.2, 0.25) is 0 Å². The zero-order chi connectivity index (χ0) is 14.2. The zero-order valence-corrected chi connectivity index (χ0v) is 14.4. The largest absolute Gasteiger partial charge is 0.339 e. The van der Waals surface area contributed by atoms with E-state index >= 15 is 0 Å². The quantitative estimate of drug-likeness (QED) is 0.651. The van der Waals surface area contributed by atoms with E-state index in [0.29, 0.717) is 18.4 Å². The molecular formula is C16H24BrNOS. The number of carbonyl (C=O) groups excluding carboxylic acids is 1. The molecule has 1 heterocycles. The fourth-order valence-electron chi connectivity index (χ4n) is 3.01. The minimum atomic E-state index is 0.355. The molecule has 0 aromatic carbocycles. The number of thiophene rings is 1. The topological polar surface area (TPSA) is 20.3 Å². The SMILES string of the molecule is O=C(CCCc1cccs1)N(CCBr)C1CCCCC1. The van der Waals surface area contributed by atoms with Crippen molar-refractivity contribution in [1.29, 1.82) is 0 Å². The number of carbonyl (C=O) groups is 1. The Morgan fingerprint density at radius 2 is 2.15 bits per heavy atom. The van der Waals surface area contributed by atoms with Gasteiger partial charge in [0.1, 0.15) is 0 Å². The van der Waals surface area contributed by atoms with Gasteiger partial charge in [-0.25, -0.2) is 0 Å². The molecule has 0 aliphatic heterocycles. The molecule has 0 radical (unpaired) electrons. The van der Waals surface area contributed by atoms with Crippen LogP contribution in [0.25, 0.3) is 0 Å². The molecule has 0 atom stereocenters. The number of rotatable bonds is 7. The highest BCUT2D eigenvalue weighted by atomic mass is 79.9. The fraction of sp³-hybridized carbons (Fsp3) is 0.688. The van der Waals surface area contributed by atoms with Crippen molar-refractivity contribution in [2.24, 2.45) is 0 Å². The van der Waals surface area contributed by atoms with Gasteiger partial charge in [0, 0.05) is 29.2 Å². The van der Waals surface area contributed by atoms with Gasteiger partial charge in [-0.2, -0.15) is 0 Å². The number of aryl methyl sites for hydroxylation is 1. The van der Waals surface area contributed by atoms with Crippen LogP contribution in [0.15, 0.2) is 17.5 Å². The molecule has 112 valence electrons. The lowest BCUT2D eigenvalue weighted by molar-refractivity contribution is -0.134. The van der Waals surface area contributed by atoms with E-state index in [4.69, 9.17) is 0 Å². The Morgan fingerprint density at radius 3 is 2.80 bits per heavy atom. The van der Waals surface area contributed by atoms with E-state index in [-0.39, 0.29) is 0 Å². The number of nitrogens with zero attached hydrogens (tertiary/aromatic N) is 1. The van der Waals surface area contributed by atoms with Gasteiger partial charge in [0.25, 0.3) is 0 Å². The zero-order valence-electron chi connectivity index (χ0n) is 12.0. The summed E-state index contributed by atoms with van der Waals surface area (Å²) in [6.07, 6.45) is 9.01. The molecule has 1 amide bonds. The normalized spacial score (nSPS) is 16.2. The molecule has 0 bridgehead atoms. The highest BCUT2D eigenvalue weighted by molar-refractivity contribution is 9.09. The lowest BCUT2D eigenvalue weighted by Gasteiger charge is -2.34. The Hall–Kier alpha value is -0.350. The van der Waals surface area contributed by atoms with Gasteiger partial charge in [-0.15, -0.1) is 11.3 Å². The standard InChI is InChI=1S/C16H24BrNOS/c17-11-12-18(14-6-2-1-3-7-14)16(19)10-4-8-15-9-5-13-20-15/h5,9,13-14H,1-4,6-8,10-12H2. The summed E-state index contributed by atoms with van der Waals surface area (Å²) < 4.78 is 0. The number of hydrogen-bond donors (Lipinski definition) is 0. The minimum absolute atomic E-state index is 0.355. The van der Waals surface area contributed by atoms with Crippen LogP contribution in [0.1, 0.15) is 49.8 Å². The third kappa shape index (κ3) is 4.88. The van der Waals surface area contributed by atoms with Crippen LogP contribution in [0.3, 0.4) is 0 Å². The lowest BCUT2D eigenvalue weighted by atomic mass is 9.94. The molecule has 0 unspecified atom stereocenters. The van der Waals surface area contributed by atoms with Gasteiger partial charge in [0.15, 0.2) is 0 Å². The summed E-state index contributed by atoms with van der Waals surface area (Å²) in [6.45, 7) is 0.864. The Morgan fingerprint density at radius 1 is 1.35 bits per heavy atom. The second kappa shape index (κ2) is 8.83. The molecule has 1 fully saturated rings. The second-order valence-corrected chi connectivity index (χ2v) is 7.33. The maximum absolute atomic E-state index is 12.5. The molecule has 1 aromatic heterocycles. The number of amides is 1. The predicted octanol–water partition coefficient (Wildman–Crippen LogP) is 4.63. The molecule has 20 heavy (non-hydrogen) atoms. The molecule has 2 nitrogen and oxygen atoms in total. The van der Waals surface area contributed by atoms with Gasteiger partial charge >= 0.3 is 0 Å². The average Bonchev–Trinajstić information content (AvgIpc) is 2.99. The van der Waals surface area contributed by atoms with Gasteiger partial charge in [-0.1, -0.05) is 41.3 Å². The Bertz CT molecular complexity index is 387. The van der Waals surface area contributed by atoms with E-state index < -0.39 is 0 Å². The van der Waals surface area contributed by atoms with Crippen molar-refractivity contribution in [1.82, 2.24) is 4.90 Å². The first-order valence-electron chi connectivity index (χ1n) is 7.69. The van der Waals surface area contributed by atoms with Crippen LogP contribution < -0.4 is 0 Å². The minimum Gasteiger partial charge on any atom is -0.339 e. The van der Waals surface area contributed by atoms with Crippen LogP contribution >= 0.6 is 27.3 Å². The Labute approximate surface area is 134 Å². The highest BCUT2D eigenvalue weighted by Gasteiger charge is 2.24. The summed E-state index contributed by atoms with van der Waals surface area (Å²) >= 11 is 5.28. The van der Waals surface area contributed by atoms with Crippen molar-refractivity contribution in [2.75, 3.05) is 11.9 Å². The van der Waals surface area contributed by atoms with Crippen LogP contribution in [-0.4, -0.2) is 28.7 Å². The summed E-state index contributed by atoms with van der Waals surface area (Å²) in [5.41, 5.74) is 0. The second-order valence-electron chi connectivity index (χ2n) is 5.50. The van der Waals surface area contributed by atoms with Crippen molar-refractivity contribution in [3.63, 3.8) is 0 Å². The number of halogens is 1. The molecule has 0 saturated heterocycles. The summed E-state index contributed by atoms with van der Waals surface area (Å²) in [4.78, 5) is 16.0. The lowest BCUT2D eigenvalue weighted by Crippen LogP contribution is -2.42. The summed E-state index contributed by atoms with van der Waals surface area (Å²) in [5, 5.41) is 3.00. The molecule has 4 heteroatoms. The molecular weight excluding hydrogens is 334 g/mol. The molecule has 2 rings (SSSR count). The fourth-order valence-corrected chi connectivity index (χ4v) is 4.14. The first-order chi connectivity index (χ1) is 9.81. The maximum Gasteiger partial charge on any atom is 0.222 e. The summed E-state index contributed by atoms with van der Waals surface area (Å²) in [5.74, 6) is 0.355. The van der Waals surface area contributed by atoms with Gasteiger partial charge in [0.05, 0.1) is 0 Å². The van der Waals surface area contributed by atoms with Gasteiger partial charge < -0.3 is 4.90 Å². The smallest absolute Gasteiger partial charge is 0.222 e. The maximum atomic E-state index is 12.5. The van der Waals surface area contributed by atoms with Crippen molar-refractivity contribution in [3.8, 4) is 0 Å². The third-order valence-corrected chi connectivity index (χ3v) is 5.35. The van der Waals surface area contributed by atoms with E-state index in [1.165, 1.54) is 37.0 Å². The van der Waals surface area contributed by atoms with Gasteiger partial charge in [-0.05, 0) is 37.1 Å². The van der Waals surface area contributed by atoms with Gasteiger partial charge in [-0.3, -0.25) is 4.79 Å². The molecule has 0 spiro atoms.